The lowest BCUT2D eigenvalue weighted by molar-refractivity contribution is -0.131. The highest BCUT2D eigenvalue weighted by Gasteiger charge is 2.49. The van der Waals surface area contributed by atoms with Crippen LogP contribution in [-0.2, 0) is 16.9 Å². The quantitative estimate of drug-likeness (QED) is 0.496. The van der Waals surface area contributed by atoms with Crippen molar-refractivity contribution >= 4 is 11.9 Å². The molecule has 158 valence electrons. The average molecular weight is 424 g/mol. The van der Waals surface area contributed by atoms with Crippen molar-refractivity contribution in [1.29, 1.82) is 0 Å². The minimum Gasteiger partial charge on any atom is -0.319 e. The summed E-state index contributed by atoms with van der Waals surface area (Å²) >= 11 is 0. The minimum atomic E-state index is -1.18. The number of tetrazole rings is 1. The van der Waals surface area contributed by atoms with E-state index in [1.807, 2.05) is 72.8 Å². The molecule has 0 saturated carbocycles. The number of amides is 3. The molecule has 1 unspecified atom stereocenters. The molecule has 0 bridgehead atoms. The molecule has 5 rings (SSSR count). The molecule has 8 heteroatoms. The zero-order valence-electron chi connectivity index (χ0n) is 17.3. The molecule has 0 spiro atoms. The Balaban J connectivity index is 1.38. The van der Waals surface area contributed by atoms with E-state index in [9.17, 15) is 9.59 Å². The number of hydrogen-bond acceptors (Lipinski definition) is 5. The summed E-state index contributed by atoms with van der Waals surface area (Å²) in [6.45, 7) is 1.91. The molecule has 1 N–H and O–H groups in total. The molecule has 8 nitrogen and oxygen atoms in total. The summed E-state index contributed by atoms with van der Waals surface area (Å²) in [5, 5.41) is 14.0. The van der Waals surface area contributed by atoms with E-state index >= 15 is 0 Å². The molecular formula is C24H20N6O2. The number of carbonyl (C=O) groups excluding carboxylic acids is 2. The first-order valence-corrected chi connectivity index (χ1v) is 10.2. The summed E-state index contributed by atoms with van der Waals surface area (Å²) in [4.78, 5) is 27.3. The average Bonchev–Trinajstić information content (AvgIpc) is 3.44. The molecule has 3 amide bonds. The second-order valence-electron chi connectivity index (χ2n) is 7.81. The number of rotatable bonds is 5. The Bertz CT molecular complexity index is 1270. The van der Waals surface area contributed by atoms with Crippen LogP contribution in [0.2, 0.25) is 0 Å². The molecule has 0 aliphatic carbocycles. The smallest absolute Gasteiger partial charge is 0.319 e. The molecule has 0 radical (unpaired) electrons. The lowest BCUT2D eigenvalue weighted by atomic mass is 9.91. The summed E-state index contributed by atoms with van der Waals surface area (Å²) in [7, 11) is 0. The number of nitrogens with zero attached hydrogens (tertiary/aromatic N) is 5. The van der Waals surface area contributed by atoms with Gasteiger partial charge in [0.2, 0.25) is 0 Å². The highest BCUT2D eigenvalue weighted by Crippen LogP contribution is 2.31. The van der Waals surface area contributed by atoms with Crippen LogP contribution in [-0.4, -0.2) is 37.0 Å². The van der Waals surface area contributed by atoms with Crippen LogP contribution in [0.4, 0.5) is 4.79 Å². The number of urea groups is 1. The van der Waals surface area contributed by atoms with Gasteiger partial charge in [-0.2, -0.15) is 0 Å². The van der Waals surface area contributed by atoms with Crippen LogP contribution in [0.1, 0.15) is 18.1 Å². The molecule has 32 heavy (non-hydrogen) atoms. The first-order valence-electron chi connectivity index (χ1n) is 10.2. The van der Waals surface area contributed by atoms with Gasteiger partial charge in [0.1, 0.15) is 11.9 Å². The van der Waals surface area contributed by atoms with Gasteiger partial charge in [-0.25, -0.2) is 9.48 Å². The molecule has 1 fully saturated rings. The van der Waals surface area contributed by atoms with Crippen molar-refractivity contribution < 1.29 is 9.59 Å². The van der Waals surface area contributed by atoms with Gasteiger partial charge in [0.15, 0.2) is 0 Å². The summed E-state index contributed by atoms with van der Waals surface area (Å²) in [5.41, 5.74) is 3.25. The SMILES string of the molecule is CC1(c2cccc(-n3cnnn3)c2)NC(=O)N(Cc2ccc(-c3ccccc3)cc2)C1=O. The van der Waals surface area contributed by atoms with Gasteiger partial charge in [0.25, 0.3) is 5.91 Å². The summed E-state index contributed by atoms with van der Waals surface area (Å²) in [5.74, 6) is -0.302. The monoisotopic (exact) mass is 424 g/mol. The van der Waals surface area contributed by atoms with E-state index in [-0.39, 0.29) is 12.5 Å². The standard InChI is InChI=1S/C24H20N6O2/c1-24(20-8-5-9-21(14-20)30-16-25-27-28-30)22(31)29(23(32)26-24)15-17-10-12-19(13-11-17)18-6-3-2-4-7-18/h2-14,16H,15H2,1H3,(H,26,32). The van der Waals surface area contributed by atoms with Gasteiger partial charge >= 0.3 is 6.03 Å². The maximum atomic E-state index is 13.3. The van der Waals surface area contributed by atoms with E-state index in [1.54, 1.807) is 13.0 Å². The molecule has 1 aromatic heterocycles. The fourth-order valence-corrected chi connectivity index (χ4v) is 3.89. The second-order valence-corrected chi connectivity index (χ2v) is 7.81. The Kier molecular flexibility index (Phi) is 4.74. The van der Waals surface area contributed by atoms with Gasteiger partial charge < -0.3 is 5.32 Å². The van der Waals surface area contributed by atoms with E-state index in [0.29, 0.717) is 11.3 Å². The van der Waals surface area contributed by atoms with E-state index in [4.69, 9.17) is 0 Å². The lowest BCUT2D eigenvalue weighted by Crippen LogP contribution is -2.40. The maximum absolute atomic E-state index is 13.3. The van der Waals surface area contributed by atoms with Crippen molar-refractivity contribution in [1.82, 2.24) is 30.4 Å². The summed E-state index contributed by atoms with van der Waals surface area (Å²) in [6, 6.07) is 24.8. The van der Waals surface area contributed by atoms with Gasteiger partial charge in [-0.3, -0.25) is 9.69 Å². The first-order chi connectivity index (χ1) is 15.5. The maximum Gasteiger partial charge on any atom is 0.325 e. The number of aromatic nitrogens is 4. The van der Waals surface area contributed by atoms with Crippen LogP contribution in [0.25, 0.3) is 16.8 Å². The Labute approximate surface area is 184 Å². The number of carbonyl (C=O) groups is 2. The Morgan fingerprint density at radius 3 is 2.38 bits per heavy atom. The van der Waals surface area contributed by atoms with Crippen LogP contribution < -0.4 is 5.32 Å². The summed E-state index contributed by atoms with van der Waals surface area (Å²) < 4.78 is 1.50. The Hall–Kier alpha value is -4.33. The molecule has 1 atom stereocenters. The fraction of sp³-hybridized carbons (Fsp3) is 0.125. The first kappa shape index (κ1) is 19.6. The second kappa shape index (κ2) is 7.73. The zero-order chi connectivity index (χ0) is 22.1. The summed E-state index contributed by atoms with van der Waals surface area (Å²) in [6.07, 6.45) is 1.47. The topological polar surface area (TPSA) is 93.0 Å². The van der Waals surface area contributed by atoms with E-state index in [2.05, 4.69) is 20.8 Å². The molecule has 2 heterocycles. The van der Waals surface area contributed by atoms with Crippen molar-refractivity contribution in [3.8, 4) is 16.8 Å². The highest BCUT2D eigenvalue weighted by atomic mass is 16.2. The van der Waals surface area contributed by atoms with Crippen LogP contribution in [0.15, 0.2) is 85.2 Å². The predicted octanol–water partition coefficient (Wildman–Crippen LogP) is 3.30. The third-order valence-corrected chi connectivity index (χ3v) is 5.71. The van der Waals surface area contributed by atoms with Gasteiger partial charge in [0, 0.05) is 0 Å². The fourth-order valence-electron chi connectivity index (χ4n) is 3.89. The van der Waals surface area contributed by atoms with Gasteiger partial charge in [-0.05, 0) is 51.7 Å². The van der Waals surface area contributed by atoms with Crippen molar-refractivity contribution in [3.63, 3.8) is 0 Å². The molecular weight excluding hydrogens is 404 g/mol. The number of benzene rings is 3. The third-order valence-electron chi connectivity index (χ3n) is 5.71. The Morgan fingerprint density at radius 2 is 1.66 bits per heavy atom. The normalized spacial score (nSPS) is 18.1. The lowest BCUT2D eigenvalue weighted by Gasteiger charge is -2.23. The van der Waals surface area contributed by atoms with Crippen molar-refractivity contribution in [3.05, 3.63) is 96.3 Å². The van der Waals surface area contributed by atoms with Crippen LogP contribution in [0.3, 0.4) is 0 Å². The van der Waals surface area contributed by atoms with Crippen molar-refractivity contribution in [2.75, 3.05) is 0 Å². The van der Waals surface area contributed by atoms with Crippen LogP contribution >= 0.6 is 0 Å². The zero-order valence-corrected chi connectivity index (χ0v) is 17.3. The molecule has 1 aliphatic heterocycles. The van der Waals surface area contributed by atoms with E-state index in [0.717, 1.165) is 16.7 Å². The largest absolute Gasteiger partial charge is 0.325 e. The van der Waals surface area contributed by atoms with Crippen molar-refractivity contribution in [2.45, 2.75) is 19.0 Å². The van der Waals surface area contributed by atoms with Crippen LogP contribution in [0.5, 0.6) is 0 Å². The van der Waals surface area contributed by atoms with Gasteiger partial charge in [0.05, 0.1) is 12.2 Å². The Morgan fingerprint density at radius 1 is 0.906 bits per heavy atom. The predicted molar refractivity (Wildman–Crippen MR) is 117 cm³/mol. The molecule has 4 aromatic rings. The molecule has 3 aromatic carbocycles. The van der Waals surface area contributed by atoms with E-state index in [1.165, 1.54) is 15.9 Å². The number of hydrogen-bond donors (Lipinski definition) is 1. The third kappa shape index (κ3) is 3.41. The van der Waals surface area contributed by atoms with Crippen molar-refractivity contribution in [2.24, 2.45) is 0 Å². The molecule has 1 aliphatic rings. The number of imide groups is 1. The van der Waals surface area contributed by atoms with Gasteiger partial charge in [-0.15, -0.1) is 5.10 Å². The highest BCUT2D eigenvalue weighted by molar-refractivity contribution is 6.07. The molecule has 1 saturated heterocycles. The van der Waals surface area contributed by atoms with E-state index < -0.39 is 11.6 Å². The van der Waals surface area contributed by atoms with Crippen LogP contribution in [0, 0.1) is 0 Å². The number of nitrogens with one attached hydrogen (secondary N) is 1. The van der Waals surface area contributed by atoms with Gasteiger partial charge in [-0.1, -0.05) is 66.7 Å². The minimum absolute atomic E-state index is 0.196.